The molecular formula is C21H24N2O4. The highest BCUT2D eigenvalue weighted by atomic mass is 16.4. The third-order valence-electron chi connectivity index (χ3n) is 4.93. The smallest absolute Gasteiger partial charge is 0.344 e. The molecule has 0 unspecified atom stereocenters. The molecule has 1 saturated heterocycles. The van der Waals surface area contributed by atoms with Crippen LogP contribution in [0.1, 0.15) is 24.8 Å². The van der Waals surface area contributed by atoms with Gasteiger partial charge < -0.3 is 20.2 Å². The van der Waals surface area contributed by atoms with Crippen molar-refractivity contribution in [2.75, 3.05) is 19.6 Å². The number of fused-ring (bicyclic) bond motifs is 3. The molecule has 2 aromatic carbocycles. The van der Waals surface area contributed by atoms with E-state index in [2.05, 4.69) is 16.7 Å². The molecule has 6 heteroatoms. The van der Waals surface area contributed by atoms with Crippen molar-refractivity contribution in [2.45, 2.75) is 25.7 Å². The minimum Gasteiger partial charge on any atom is -0.508 e. The number of nitrogens with two attached hydrogens (primary N) is 1. The van der Waals surface area contributed by atoms with Gasteiger partial charge in [-0.2, -0.15) is 0 Å². The van der Waals surface area contributed by atoms with E-state index in [4.69, 9.17) is 9.21 Å². The lowest BCUT2D eigenvalue weighted by molar-refractivity contribution is -0.106. The van der Waals surface area contributed by atoms with Gasteiger partial charge in [-0.05, 0) is 61.5 Å². The minimum atomic E-state index is -0.345. The van der Waals surface area contributed by atoms with Gasteiger partial charge in [-0.15, -0.1) is 0 Å². The summed E-state index contributed by atoms with van der Waals surface area (Å²) < 4.78 is 5.38. The van der Waals surface area contributed by atoms with E-state index in [1.54, 1.807) is 12.1 Å². The number of hydrogen-bond acceptors (Lipinski definition) is 5. The highest BCUT2D eigenvalue weighted by Crippen LogP contribution is 2.26. The number of likely N-dealkylation sites (tertiary alicyclic amines) is 1. The molecule has 0 radical (unpaired) electrons. The normalized spacial score (nSPS) is 14.7. The van der Waals surface area contributed by atoms with E-state index in [9.17, 15) is 9.90 Å². The van der Waals surface area contributed by atoms with Crippen molar-refractivity contribution in [3.8, 4) is 5.75 Å². The molecule has 0 atom stereocenters. The molecule has 0 aliphatic carbocycles. The SMILES string of the molecule is NC=O.O=c1oc2cc(O)ccc2c2ccc(CCN3CCCCC3)cc12. The van der Waals surface area contributed by atoms with Crippen molar-refractivity contribution >= 4 is 28.2 Å². The van der Waals surface area contributed by atoms with Crippen molar-refractivity contribution in [2.24, 2.45) is 5.73 Å². The van der Waals surface area contributed by atoms with Gasteiger partial charge in [0, 0.05) is 18.0 Å². The molecule has 0 spiro atoms. The highest BCUT2D eigenvalue weighted by molar-refractivity contribution is 6.04. The van der Waals surface area contributed by atoms with Gasteiger partial charge in [0.2, 0.25) is 6.41 Å². The molecule has 142 valence electrons. The molecule has 6 nitrogen and oxygen atoms in total. The van der Waals surface area contributed by atoms with Gasteiger partial charge in [-0.1, -0.05) is 18.6 Å². The molecule has 2 heterocycles. The number of piperidine rings is 1. The summed E-state index contributed by atoms with van der Waals surface area (Å²) in [7, 11) is 0. The zero-order chi connectivity index (χ0) is 19.2. The van der Waals surface area contributed by atoms with Crippen LogP contribution in [0.2, 0.25) is 0 Å². The Morgan fingerprint density at radius 2 is 1.74 bits per heavy atom. The summed E-state index contributed by atoms with van der Waals surface area (Å²) in [5.74, 6) is 0.100. The van der Waals surface area contributed by atoms with Crippen LogP contribution in [0.15, 0.2) is 45.6 Å². The largest absolute Gasteiger partial charge is 0.508 e. The molecule has 3 aromatic rings. The van der Waals surface area contributed by atoms with E-state index >= 15 is 0 Å². The number of phenols is 1. The fourth-order valence-electron chi connectivity index (χ4n) is 3.59. The van der Waals surface area contributed by atoms with E-state index in [-0.39, 0.29) is 17.8 Å². The third kappa shape index (κ3) is 4.46. The molecule has 0 saturated carbocycles. The van der Waals surface area contributed by atoms with Crippen molar-refractivity contribution in [1.82, 2.24) is 4.90 Å². The molecule has 1 aliphatic heterocycles. The lowest BCUT2D eigenvalue weighted by Gasteiger charge is -2.26. The number of phenolic OH excluding ortho intramolecular Hbond substituents is 1. The zero-order valence-electron chi connectivity index (χ0n) is 15.2. The van der Waals surface area contributed by atoms with Gasteiger partial charge in [0.05, 0.1) is 5.39 Å². The van der Waals surface area contributed by atoms with Crippen molar-refractivity contribution in [3.05, 3.63) is 52.4 Å². The van der Waals surface area contributed by atoms with Crippen LogP contribution in [0.25, 0.3) is 21.7 Å². The van der Waals surface area contributed by atoms with Crippen molar-refractivity contribution in [1.29, 1.82) is 0 Å². The number of primary amides is 1. The van der Waals surface area contributed by atoms with Crippen LogP contribution in [-0.2, 0) is 11.2 Å². The maximum atomic E-state index is 12.3. The van der Waals surface area contributed by atoms with Gasteiger partial charge in [-0.25, -0.2) is 4.79 Å². The average Bonchev–Trinajstić information content (AvgIpc) is 2.68. The van der Waals surface area contributed by atoms with E-state index < -0.39 is 0 Å². The predicted octanol–water partition coefficient (Wildman–Crippen LogP) is 2.78. The average molecular weight is 368 g/mol. The third-order valence-corrected chi connectivity index (χ3v) is 4.93. The monoisotopic (exact) mass is 368 g/mol. The molecule has 1 aliphatic rings. The first-order chi connectivity index (χ1) is 13.1. The summed E-state index contributed by atoms with van der Waals surface area (Å²) in [5.41, 5.74) is 5.41. The van der Waals surface area contributed by atoms with Crippen LogP contribution >= 0.6 is 0 Å². The summed E-state index contributed by atoms with van der Waals surface area (Å²) in [5, 5.41) is 11.9. The number of carbonyl (C=O) groups is 1. The zero-order valence-corrected chi connectivity index (χ0v) is 15.2. The molecular weight excluding hydrogens is 344 g/mol. The molecule has 27 heavy (non-hydrogen) atoms. The van der Waals surface area contributed by atoms with Gasteiger partial charge in [0.15, 0.2) is 0 Å². The maximum Gasteiger partial charge on any atom is 0.344 e. The van der Waals surface area contributed by atoms with Gasteiger partial charge in [0.25, 0.3) is 0 Å². The Hall–Kier alpha value is -2.86. The number of aromatic hydroxyl groups is 1. The fraction of sp³-hybridized carbons (Fsp3) is 0.333. The second kappa shape index (κ2) is 8.68. The lowest BCUT2D eigenvalue weighted by atomic mass is 10.0. The van der Waals surface area contributed by atoms with Crippen LogP contribution in [0.4, 0.5) is 0 Å². The Bertz CT molecular complexity index is 991. The van der Waals surface area contributed by atoms with Crippen molar-refractivity contribution in [3.63, 3.8) is 0 Å². The topological polar surface area (TPSA) is 96.8 Å². The molecule has 4 rings (SSSR count). The van der Waals surface area contributed by atoms with Crippen molar-refractivity contribution < 1.29 is 14.3 Å². The van der Waals surface area contributed by atoms with Crippen LogP contribution in [0.3, 0.4) is 0 Å². The summed E-state index contributed by atoms with van der Waals surface area (Å²) in [6, 6.07) is 10.9. The number of carbonyl (C=O) groups excluding carboxylic acids is 1. The fourth-order valence-corrected chi connectivity index (χ4v) is 3.59. The van der Waals surface area contributed by atoms with Crippen LogP contribution in [0, 0.1) is 0 Å². The number of rotatable bonds is 3. The Kier molecular flexibility index (Phi) is 6.08. The van der Waals surface area contributed by atoms with Gasteiger partial charge in [0.1, 0.15) is 11.3 Å². The second-order valence-corrected chi connectivity index (χ2v) is 6.74. The van der Waals surface area contributed by atoms with Crippen LogP contribution < -0.4 is 11.4 Å². The Morgan fingerprint density at radius 1 is 1.04 bits per heavy atom. The number of nitrogens with zero attached hydrogens (tertiary/aromatic N) is 1. The molecule has 1 aromatic heterocycles. The van der Waals surface area contributed by atoms with Gasteiger partial charge >= 0.3 is 5.63 Å². The second-order valence-electron chi connectivity index (χ2n) is 6.74. The first-order valence-electron chi connectivity index (χ1n) is 9.18. The summed E-state index contributed by atoms with van der Waals surface area (Å²) in [4.78, 5) is 23.4. The summed E-state index contributed by atoms with van der Waals surface area (Å²) in [6.07, 6.45) is 5.12. The van der Waals surface area contributed by atoms with Crippen LogP contribution in [0.5, 0.6) is 5.75 Å². The maximum absolute atomic E-state index is 12.3. The lowest BCUT2D eigenvalue weighted by Crippen LogP contribution is -2.31. The Morgan fingerprint density at radius 3 is 2.48 bits per heavy atom. The molecule has 3 N–H and O–H groups in total. The van der Waals surface area contributed by atoms with E-state index in [1.807, 2.05) is 12.1 Å². The highest BCUT2D eigenvalue weighted by Gasteiger charge is 2.12. The first kappa shape index (κ1) is 18.9. The summed E-state index contributed by atoms with van der Waals surface area (Å²) >= 11 is 0. The quantitative estimate of drug-likeness (QED) is 0.421. The molecule has 0 bridgehead atoms. The minimum absolute atomic E-state index is 0.100. The standard InChI is InChI=1S/C20H21NO3.CH3NO/c22-15-5-7-17-16-6-4-14(8-11-21-9-2-1-3-10-21)12-18(16)20(23)24-19(17)13-15;2-1-3/h4-7,12-13,22H,1-3,8-11H2;1H,(H2,2,3). The predicted molar refractivity (Wildman–Crippen MR) is 106 cm³/mol. The number of benzene rings is 2. The molecule has 1 fully saturated rings. The number of amides is 1. The Labute approximate surface area is 157 Å². The van der Waals surface area contributed by atoms with Gasteiger partial charge in [-0.3, -0.25) is 4.79 Å². The van der Waals surface area contributed by atoms with E-state index in [0.29, 0.717) is 11.0 Å². The Balaban J connectivity index is 0.000000659. The first-order valence-corrected chi connectivity index (χ1v) is 9.18. The summed E-state index contributed by atoms with van der Waals surface area (Å²) in [6.45, 7) is 3.41. The molecule has 1 amide bonds. The van der Waals surface area contributed by atoms with E-state index in [1.165, 1.54) is 44.0 Å². The van der Waals surface area contributed by atoms with E-state index in [0.717, 1.165) is 23.7 Å². The number of hydrogen-bond donors (Lipinski definition) is 2. The van der Waals surface area contributed by atoms with Crippen LogP contribution in [-0.4, -0.2) is 36.1 Å².